The molecule has 0 aliphatic carbocycles. The van der Waals surface area contributed by atoms with Gasteiger partial charge in [0.1, 0.15) is 0 Å². The summed E-state index contributed by atoms with van der Waals surface area (Å²) in [4.78, 5) is 18.8. The number of carbonyl (C=O) groups is 1. The van der Waals surface area contributed by atoms with Crippen molar-refractivity contribution in [2.24, 2.45) is 0 Å². The highest BCUT2D eigenvalue weighted by atomic mass is 79.9. The molecule has 2 aromatic rings. The van der Waals surface area contributed by atoms with Gasteiger partial charge in [-0.25, -0.2) is 0 Å². The molecule has 1 N–H and O–H groups in total. The van der Waals surface area contributed by atoms with E-state index in [2.05, 4.69) is 31.1 Å². The Balaban J connectivity index is 1.75. The first-order chi connectivity index (χ1) is 11.1. The van der Waals surface area contributed by atoms with Gasteiger partial charge in [0.05, 0.1) is 30.7 Å². The van der Waals surface area contributed by atoms with Crippen LogP contribution in [0.2, 0.25) is 0 Å². The van der Waals surface area contributed by atoms with Crippen LogP contribution in [0.4, 0.5) is 11.4 Å². The van der Waals surface area contributed by atoms with Crippen LogP contribution < -0.4 is 10.2 Å². The number of morpholine rings is 1. The molecule has 0 radical (unpaired) electrons. The summed E-state index contributed by atoms with van der Waals surface area (Å²) >= 11 is 3.47. The largest absolute Gasteiger partial charge is 0.378 e. The summed E-state index contributed by atoms with van der Waals surface area (Å²) in [5.41, 5.74) is 3.37. The normalized spacial score (nSPS) is 14.6. The second-order valence-corrected chi connectivity index (χ2v) is 6.30. The van der Waals surface area contributed by atoms with Crippen molar-refractivity contribution < 1.29 is 9.53 Å². The summed E-state index contributed by atoms with van der Waals surface area (Å²) in [5, 5.41) is 2.90. The van der Waals surface area contributed by atoms with Gasteiger partial charge in [-0.1, -0.05) is 22.0 Å². The number of hydrogen-bond acceptors (Lipinski definition) is 4. The monoisotopic (exact) mass is 375 g/mol. The maximum atomic E-state index is 12.4. The molecule has 23 heavy (non-hydrogen) atoms. The summed E-state index contributed by atoms with van der Waals surface area (Å²) in [5.74, 6) is -0.164. The van der Waals surface area contributed by atoms with Crippen molar-refractivity contribution in [2.45, 2.75) is 6.92 Å². The smallest absolute Gasteiger partial charge is 0.257 e. The number of aryl methyl sites for hydroxylation is 1. The third-order valence-electron chi connectivity index (χ3n) is 3.79. The van der Waals surface area contributed by atoms with Crippen LogP contribution in [0, 0.1) is 6.92 Å². The second-order valence-electron chi connectivity index (χ2n) is 5.45. The molecule has 1 fully saturated rings. The molecular weight excluding hydrogens is 358 g/mol. The summed E-state index contributed by atoms with van der Waals surface area (Å²) in [6.45, 7) is 5.04. The van der Waals surface area contributed by atoms with E-state index in [1.165, 1.54) is 0 Å². The highest BCUT2D eigenvalue weighted by Crippen LogP contribution is 2.22. The zero-order valence-corrected chi connectivity index (χ0v) is 14.5. The van der Waals surface area contributed by atoms with Crippen molar-refractivity contribution in [1.29, 1.82) is 0 Å². The van der Waals surface area contributed by atoms with E-state index in [0.717, 1.165) is 34.5 Å². The van der Waals surface area contributed by atoms with Gasteiger partial charge in [0.15, 0.2) is 0 Å². The van der Waals surface area contributed by atoms with Crippen LogP contribution in [0.25, 0.3) is 0 Å². The number of benzene rings is 1. The number of ether oxygens (including phenoxy) is 1. The molecule has 1 aromatic carbocycles. The van der Waals surface area contributed by atoms with E-state index >= 15 is 0 Å². The Morgan fingerprint density at radius 3 is 2.78 bits per heavy atom. The maximum Gasteiger partial charge on any atom is 0.257 e. The topological polar surface area (TPSA) is 54.5 Å². The average molecular weight is 376 g/mol. The zero-order valence-electron chi connectivity index (χ0n) is 12.9. The van der Waals surface area contributed by atoms with Gasteiger partial charge in [-0.15, -0.1) is 0 Å². The minimum Gasteiger partial charge on any atom is -0.378 e. The fourth-order valence-electron chi connectivity index (χ4n) is 2.42. The lowest BCUT2D eigenvalue weighted by atomic mass is 10.2. The molecule has 0 bridgehead atoms. The van der Waals surface area contributed by atoms with Gasteiger partial charge in [-0.2, -0.15) is 0 Å². The van der Waals surface area contributed by atoms with Crippen LogP contribution in [0.3, 0.4) is 0 Å². The Kier molecular flexibility index (Phi) is 4.93. The van der Waals surface area contributed by atoms with Crippen LogP contribution in [0.5, 0.6) is 0 Å². The highest BCUT2D eigenvalue weighted by molar-refractivity contribution is 9.10. The number of aromatic nitrogens is 1. The minimum absolute atomic E-state index is 0.164. The van der Waals surface area contributed by atoms with Crippen LogP contribution in [0.1, 0.15) is 15.9 Å². The first kappa shape index (κ1) is 16.0. The number of nitrogens with zero attached hydrogens (tertiary/aromatic N) is 2. The predicted octanol–water partition coefficient (Wildman–Crippen LogP) is 3.24. The van der Waals surface area contributed by atoms with Gasteiger partial charge in [-0.3, -0.25) is 9.78 Å². The molecule has 0 saturated carbocycles. The number of amides is 1. The van der Waals surface area contributed by atoms with Gasteiger partial charge < -0.3 is 15.0 Å². The zero-order chi connectivity index (χ0) is 16.2. The van der Waals surface area contributed by atoms with E-state index in [-0.39, 0.29) is 5.91 Å². The van der Waals surface area contributed by atoms with Crippen molar-refractivity contribution in [2.75, 3.05) is 36.5 Å². The maximum absolute atomic E-state index is 12.4. The Labute approximate surface area is 143 Å². The molecule has 6 heteroatoms. The van der Waals surface area contributed by atoms with Crippen molar-refractivity contribution in [3.8, 4) is 0 Å². The number of anilines is 2. The van der Waals surface area contributed by atoms with E-state index in [1.54, 1.807) is 12.4 Å². The van der Waals surface area contributed by atoms with Crippen LogP contribution in [-0.2, 0) is 4.74 Å². The third kappa shape index (κ3) is 3.89. The van der Waals surface area contributed by atoms with Crippen molar-refractivity contribution in [3.05, 3.63) is 52.3 Å². The molecule has 1 amide bonds. The fraction of sp³-hybridized carbons (Fsp3) is 0.294. The first-order valence-electron chi connectivity index (χ1n) is 7.49. The summed E-state index contributed by atoms with van der Waals surface area (Å²) in [6, 6.07) is 7.61. The minimum atomic E-state index is -0.164. The standard InChI is InChI=1S/C17H18BrN3O2/c1-12-2-3-14(9-16(12)18)20-17(22)13-8-15(11-19-10-13)21-4-6-23-7-5-21/h2-3,8-11H,4-7H2,1H3,(H,20,22). The number of carbonyl (C=O) groups excluding carboxylic acids is 1. The van der Waals surface area contributed by atoms with Crippen molar-refractivity contribution >= 4 is 33.2 Å². The molecule has 3 rings (SSSR count). The summed E-state index contributed by atoms with van der Waals surface area (Å²) < 4.78 is 6.32. The molecule has 1 aliphatic rings. The van der Waals surface area contributed by atoms with Crippen molar-refractivity contribution in [3.63, 3.8) is 0 Å². The van der Waals surface area contributed by atoms with E-state index in [9.17, 15) is 4.79 Å². The highest BCUT2D eigenvalue weighted by Gasteiger charge is 2.14. The van der Waals surface area contributed by atoms with Crippen LogP contribution >= 0.6 is 15.9 Å². The van der Waals surface area contributed by atoms with Crippen molar-refractivity contribution in [1.82, 2.24) is 4.98 Å². The molecule has 0 unspecified atom stereocenters. The van der Waals surface area contributed by atoms with E-state index in [4.69, 9.17) is 4.74 Å². The Bertz CT molecular complexity index is 715. The van der Waals surface area contributed by atoms with Gasteiger partial charge >= 0.3 is 0 Å². The van der Waals surface area contributed by atoms with Crippen LogP contribution in [-0.4, -0.2) is 37.2 Å². The van der Waals surface area contributed by atoms with Crippen LogP contribution in [0.15, 0.2) is 41.1 Å². The van der Waals surface area contributed by atoms with E-state index < -0.39 is 0 Å². The predicted molar refractivity (Wildman–Crippen MR) is 94.1 cm³/mol. The molecule has 5 nitrogen and oxygen atoms in total. The number of nitrogens with one attached hydrogen (secondary N) is 1. The third-order valence-corrected chi connectivity index (χ3v) is 4.65. The second kappa shape index (κ2) is 7.10. The fourth-order valence-corrected chi connectivity index (χ4v) is 2.80. The molecule has 1 saturated heterocycles. The molecule has 120 valence electrons. The number of rotatable bonds is 3. The molecule has 0 atom stereocenters. The Hall–Kier alpha value is -1.92. The van der Waals surface area contributed by atoms with Gasteiger partial charge in [-0.05, 0) is 30.7 Å². The summed E-state index contributed by atoms with van der Waals surface area (Å²) in [7, 11) is 0. The lowest BCUT2D eigenvalue weighted by Gasteiger charge is -2.28. The lowest BCUT2D eigenvalue weighted by Crippen LogP contribution is -2.36. The first-order valence-corrected chi connectivity index (χ1v) is 8.28. The number of pyridine rings is 1. The lowest BCUT2D eigenvalue weighted by molar-refractivity contribution is 0.102. The molecule has 1 aliphatic heterocycles. The molecule has 2 heterocycles. The van der Waals surface area contributed by atoms with E-state index in [1.807, 2.05) is 31.2 Å². The number of halogens is 1. The Morgan fingerprint density at radius 1 is 1.26 bits per heavy atom. The number of hydrogen-bond donors (Lipinski definition) is 1. The van der Waals surface area contributed by atoms with E-state index in [0.29, 0.717) is 18.8 Å². The van der Waals surface area contributed by atoms with Gasteiger partial charge in [0.25, 0.3) is 5.91 Å². The summed E-state index contributed by atoms with van der Waals surface area (Å²) in [6.07, 6.45) is 3.37. The van der Waals surface area contributed by atoms with Gasteiger partial charge in [0.2, 0.25) is 0 Å². The SMILES string of the molecule is Cc1ccc(NC(=O)c2cncc(N3CCOCC3)c2)cc1Br. The van der Waals surface area contributed by atoms with Gasteiger partial charge in [0, 0.05) is 29.4 Å². The average Bonchev–Trinajstić information content (AvgIpc) is 2.59. The molecule has 0 spiro atoms. The molecular formula is C17H18BrN3O2. The molecule has 1 aromatic heterocycles. The quantitative estimate of drug-likeness (QED) is 0.894. The Morgan fingerprint density at radius 2 is 2.04 bits per heavy atom.